The standard InChI is InChI=1S/C14H11Cl2NO2S/c1-8-6-7-12(20-8)9(2)17-19-14(18)13-10(15)4-3-5-11(13)16/h3-7H,1-2H3/b17-9+. The zero-order chi connectivity index (χ0) is 14.7. The maximum atomic E-state index is 11.9. The number of thiophene rings is 1. The van der Waals surface area contributed by atoms with Crippen molar-refractivity contribution in [2.45, 2.75) is 13.8 Å². The second-order valence-corrected chi connectivity index (χ2v) is 6.16. The van der Waals surface area contributed by atoms with Gasteiger partial charge in [-0.2, -0.15) is 0 Å². The summed E-state index contributed by atoms with van der Waals surface area (Å²) >= 11 is 13.4. The van der Waals surface area contributed by atoms with Crippen LogP contribution in [0, 0.1) is 6.92 Å². The number of carbonyl (C=O) groups excluding carboxylic acids is 1. The van der Waals surface area contributed by atoms with Gasteiger partial charge in [0.15, 0.2) is 0 Å². The van der Waals surface area contributed by atoms with Crippen molar-refractivity contribution in [1.29, 1.82) is 0 Å². The van der Waals surface area contributed by atoms with Crippen molar-refractivity contribution >= 4 is 46.2 Å². The van der Waals surface area contributed by atoms with Crippen molar-refractivity contribution in [3.8, 4) is 0 Å². The second-order valence-electron chi connectivity index (χ2n) is 4.06. The summed E-state index contributed by atoms with van der Waals surface area (Å²) in [6.07, 6.45) is 0. The number of halogens is 2. The third-order valence-corrected chi connectivity index (χ3v) is 4.27. The number of aryl methyl sites for hydroxylation is 1. The Morgan fingerprint density at radius 1 is 1.20 bits per heavy atom. The van der Waals surface area contributed by atoms with Gasteiger partial charge in [0.1, 0.15) is 0 Å². The van der Waals surface area contributed by atoms with E-state index < -0.39 is 5.97 Å². The average Bonchev–Trinajstić information content (AvgIpc) is 2.82. The summed E-state index contributed by atoms with van der Waals surface area (Å²) in [6, 6.07) is 8.71. The monoisotopic (exact) mass is 327 g/mol. The number of hydrogen-bond donors (Lipinski definition) is 0. The number of hydrogen-bond acceptors (Lipinski definition) is 4. The smallest absolute Gasteiger partial charge is 0.312 e. The molecule has 20 heavy (non-hydrogen) atoms. The molecule has 0 amide bonds. The first kappa shape index (κ1) is 15.0. The molecule has 0 unspecified atom stereocenters. The number of nitrogens with zero attached hydrogens (tertiary/aromatic N) is 1. The van der Waals surface area contributed by atoms with Gasteiger partial charge in [-0.1, -0.05) is 34.4 Å². The van der Waals surface area contributed by atoms with Crippen LogP contribution in [-0.4, -0.2) is 11.7 Å². The first-order chi connectivity index (χ1) is 9.49. The van der Waals surface area contributed by atoms with E-state index in [0.717, 1.165) is 9.75 Å². The molecular formula is C14H11Cl2NO2S. The van der Waals surface area contributed by atoms with Gasteiger partial charge in [-0.05, 0) is 38.1 Å². The van der Waals surface area contributed by atoms with Gasteiger partial charge in [-0.3, -0.25) is 0 Å². The van der Waals surface area contributed by atoms with E-state index in [-0.39, 0.29) is 15.6 Å². The maximum absolute atomic E-state index is 11.9. The van der Waals surface area contributed by atoms with E-state index in [1.165, 1.54) is 0 Å². The van der Waals surface area contributed by atoms with Crippen LogP contribution in [0.25, 0.3) is 0 Å². The lowest BCUT2D eigenvalue weighted by atomic mass is 10.2. The topological polar surface area (TPSA) is 38.7 Å². The Morgan fingerprint density at radius 2 is 1.85 bits per heavy atom. The molecule has 0 aliphatic heterocycles. The maximum Gasteiger partial charge on any atom is 0.368 e. The molecule has 0 radical (unpaired) electrons. The van der Waals surface area contributed by atoms with Gasteiger partial charge in [0.25, 0.3) is 0 Å². The van der Waals surface area contributed by atoms with Crippen molar-refractivity contribution in [1.82, 2.24) is 0 Å². The van der Waals surface area contributed by atoms with Gasteiger partial charge in [0, 0.05) is 4.88 Å². The van der Waals surface area contributed by atoms with Crippen molar-refractivity contribution in [2.24, 2.45) is 5.16 Å². The minimum Gasteiger partial charge on any atom is -0.312 e. The first-order valence-corrected chi connectivity index (χ1v) is 7.33. The van der Waals surface area contributed by atoms with E-state index in [4.69, 9.17) is 28.0 Å². The van der Waals surface area contributed by atoms with E-state index in [1.807, 2.05) is 19.1 Å². The number of rotatable bonds is 3. The van der Waals surface area contributed by atoms with E-state index in [2.05, 4.69) is 5.16 Å². The SMILES string of the molecule is C/C(=N\OC(=O)c1c(Cl)cccc1Cl)c1ccc(C)s1. The molecule has 0 spiro atoms. The van der Waals surface area contributed by atoms with Crippen LogP contribution in [0.1, 0.15) is 27.0 Å². The summed E-state index contributed by atoms with van der Waals surface area (Å²) in [7, 11) is 0. The summed E-state index contributed by atoms with van der Waals surface area (Å²) in [5, 5.41) is 4.30. The summed E-state index contributed by atoms with van der Waals surface area (Å²) in [4.78, 5) is 18.9. The molecule has 0 saturated carbocycles. The first-order valence-electron chi connectivity index (χ1n) is 5.76. The quantitative estimate of drug-likeness (QED) is 0.454. The van der Waals surface area contributed by atoms with Crippen LogP contribution in [0.15, 0.2) is 35.5 Å². The average molecular weight is 328 g/mol. The summed E-state index contributed by atoms with van der Waals surface area (Å²) in [5.74, 6) is -0.673. The Balaban J connectivity index is 2.16. The largest absolute Gasteiger partial charge is 0.368 e. The molecule has 1 heterocycles. The normalized spacial score (nSPS) is 11.5. The Kier molecular flexibility index (Phi) is 4.81. The van der Waals surface area contributed by atoms with E-state index in [9.17, 15) is 4.79 Å². The number of carbonyl (C=O) groups is 1. The van der Waals surface area contributed by atoms with E-state index in [0.29, 0.717) is 5.71 Å². The highest BCUT2D eigenvalue weighted by molar-refractivity contribution is 7.14. The molecule has 0 saturated heterocycles. The van der Waals surface area contributed by atoms with Crippen molar-refractivity contribution in [2.75, 3.05) is 0 Å². The molecule has 0 aliphatic carbocycles. The molecule has 2 rings (SSSR count). The Bertz CT molecular complexity index is 659. The van der Waals surface area contributed by atoms with Crippen LogP contribution >= 0.6 is 34.5 Å². The van der Waals surface area contributed by atoms with E-state index in [1.54, 1.807) is 36.5 Å². The fourth-order valence-corrected chi connectivity index (χ4v) is 2.88. The molecule has 0 fully saturated rings. The third-order valence-electron chi connectivity index (χ3n) is 2.53. The molecule has 0 bridgehead atoms. The van der Waals surface area contributed by atoms with Crippen LogP contribution < -0.4 is 0 Å². The molecule has 104 valence electrons. The minimum atomic E-state index is -0.673. The van der Waals surface area contributed by atoms with E-state index >= 15 is 0 Å². The van der Waals surface area contributed by atoms with Crippen LogP contribution in [0.3, 0.4) is 0 Å². The molecule has 1 aromatic heterocycles. The predicted molar refractivity (Wildman–Crippen MR) is 83.1 cm³/mol. The highest BCUT2D eigenvalue weighted by Crippen LogP contribution is 2.25. The Hall–Kier alpha value is -1.36. The van der Waals surface area contributed by atoms with Gasteiger partial charge in [0.2, 0.25) is 0 Å². The second kappa shape index (κ2) is 6.39. The van der Waals surface area contributed by atoms with Gasteiger partial charge >= 0.3 is 5.97 Å². The summed E-state index contributed by atoms with van der Waals surface area (Å²) in [5.41, 5.74) is 0.745. The lowest BCUT2D eigenvalue weighted by Crippen LogP contribution is -2.04. The molecule has 0 N–H and O–H groups in total. The summed E-state index contributed by atoms with van der Waals surface area (Å²) < 4.78 is 0. The molecule has 2 aromatic rings. The van der Waals surface area contributed by atoms with Crippen LogP contribution in [0.2, 0.25) is 10.0 Å². The number of oxime groups is 1. The molecule has 0 atom stereocenters. The predicted octanol–water partition coefficient (Wildman–Crippen LogP) is 4.94. The van der Waals surface area contributed by atoms with Gasteiger partial charge < -0.3 is 4.84 Å². The van der Waals surface area contributed by atoms with Gasteiger partial charge in [-0.25, -0.2) is 4.79 Å². The van der Waals surface area contributed by atoms with Crippen molar-refractivity contribution in [3.63, 3.8) is 0 Å². The van der Waals surface area contributed by atoms with Gasteiger partial charge in [-0.15, -0.1) is 11.3 Å². The fraction of sp³-hybridized carbons (Fsp3) is 0.143. The lowest BCUT2D eigenvalue weighted by Gasteiger charge is -2.03. The Morgan fingerprint density at radius 3 is 2.40 bits per heavy atom. The molecule has 6 heteroatoms. The molecule has 1 aromatic carbocycles. The molecular weight excluding hydrogens is 317 g/mol. The van der Waals surface area contributed by atoms with Crippen molar-refractivity contribution < 1.29 is 9.63 Å². The fourth-order valence-electron chi connectivity index (χ4n) is 1.52. The highest BCUT2D eigenvalue weighted by Gasteiger charge is 2.16. The van der Waals surface area contributed by atoms with Gasteiger partial charge in [0.05, 0.1) is 26.2 Å². The minimum absolute atomic E-state index is 0.120. The lowest BCUT2D eigenvalue weighted by molar-refractivity contribution is 0.0517. The van der Waals surface area contributed by atoms with Crippen LogP contribution in [0.5, 0.6) is 0 Å². The number of benzene rings is 1. The highest BCUT2D eigenvalue weighted by atomic mass is 35.5. The Labute approximate surface area is 130 Å². The van der Waals surface area contributed by atoms with Crippen molar-refractivity contribution in [3.05, 3.63) is 55.7 Å². The molecule has 3 nitrogen and oxygen atoms in total. The van der Waals surface area contributed by atoms with Crippen LogP contribution in [0.4, 0.5) is 0 Å². The zero-order valence-corrected chi connectivity index (χ0v) is 13.1. The van der Waals surface area contributed by atoms with Crippen LogP contribution in [-0.2, 0) is 4.84 Å². The summed E-state index contributed by atoms with van der Waals surface area (Å²) in [6.45, 7) is 3.77. The molecule has 0 aliphatic rings. The zero-order valence-electron chi connectivity index (χ0n) is 10.8. The third kappa shape index (κ3) is 3.39.